The van der Waals surface area contributed by atoms with Crippen LogP contribution in [-0.4, -0.2) is 19.3 Å². The van der Waals surface area contributed by atoms with Gasteiger partial charge in [0.1, 0.15) is 0 Å². The molecule has 0 spiro atoms. The fourth-order valence-corrected chi connectivity index (χ4v) is 5.84. The van der Waals surface area contributed by atoms with E-state index in [0.29, 0.717) is 56.3 Å². The highest BCUT2D eigenvalue weighted by Crippen LogP contribution is 2.38. The topological polar surface area (TPSA) is 18.5 Å². The highest BCUT2D eigenvalue weighted by molar-refractivity contribution is 5.73. The maximum atomic E-state index is 15.2. The summed E-state index contributed by atoms with van der Waals surface area (Å²) in [7, 11) is 0. The number of aryl methyl sites for hydroxylation is 1. The van der Waals surface area contributed by atoms with Gasteiger partial charge in [-0.1, -0.05) is 49.8 Å². The van der Waals surface area contributed by atoms with Gasteiger partial charge in [-0.3, -0.25) is 0 Å². The van der Waals surface area contributed by atoms with Crippen LogP contribution >= 0.6 is 0 Å². The van der Waals surface area contributed by atoms with Gasteiger partial charge in [0.05, 0.1) is 19.3 Å². The van der Waals surface area contributed by atoms with Gasteiger partial charge in [0, 0.05) is 22.3 Å². The molecule has 3 aromatic carbocycles. The molecule has 0 N–H and O–H groups in total. The van der Waals surface area contributed by atoms with Crippen LogP contribution in [0.3, 0.4) is 0 Å². The Kier molecular flexibility index (Phi) is 10.2. The van der Waals surface area contributed by atoms with Gasteiger partial charge < -0.3 is 9.47 Å². The summed E-state index contributed by atoms with van der Waals surface area (Å²) in [6.07, 6.45) is 8.97. The van der Waals surface area contributed by atoms with Crippen LogP contribution in [0, 0.1) is 47.7 Å². The van der Waals surface area contributed by atoms with Gasteiger partial charge in [-0.25, -0.2) is 22.0 Å². The number of ether oxygens (including phenoxy) is 2. The van der Waals surface area contributed by atoms with E-state index in [1.165, 1.54) is 31.2 Å². The Bertz CT molecular complexity index is 1580. The average Bonchev–Trinajstić information content (AvgIpc) is 3.03. The minimum absolute atomic E-state index is 0.0740. The summed E-state index contributed by atoms with van der Waals surface area (Å²) >= 11 is 0. The molecule has 0 aromatic heterocycles. The van der Waals surface area contributed by atoms with E-state index in [1.807, 2.05) is 19.1 Å². The molecule has 0 aliphatic heterocycles. The number of rotatable bonds is 10. The van der Waals surface area contributed by atoms with Crippen molar-refractivity contribution in [2.45, 2.75) is 71.3 Å². The Morgan fingerprint density at radius 1 is 0.659 bits per heavy atom. The van der Waals surface area contributed by atoms with Crippen molar-refractivity contribution in [1.29, 1.82) is 0 Å². The standard InChI is InChI=1S/C36H36F6O2/c1-3-4-19-43-30-18-17-29(35(41)36(30)42)28-16-15-27(33(39)34(28)40)24-10-12-25(13-11-24)44-20-22-6-8-23(9-7-22)26-14-5-21(2)31(37)32(26)38/h5,8,10,14-18,22,25H,3-4,6-7,9,11-13,19-20H2,1-2H3. The van der Waals surface area contributed by atoms with Crippen molar-refractivity contribution in [3.05, 3.63) is 100 Å². The highest BCUT2D eigenvalue weighted by atomic mass is 19.2. The Balaban J connectivity index is 1.19. The maximum absolute atomic E-state index is 15.2. The van der Waals surface area contributed by atoms with Crippen molar-refractivity contribution in [3.8, 4) is 16.9 Å². The van der Waals surface area contributed by atoms with Gasteiger partial charge in [-0.2, -0.15) is 4.39 Å². The van der Waals surface area contributed by atoms with Crippen LogP contribution in [0.25, 0.3) is 22.3 Å². The highest BCUT2D eigenvalue weighted by Gasteiger charge is 2.25. The van der Waals surface area contributed by atoms with E-state index in [-0.39, 0.29) is 46.6 Å². The summed E-state index contributed by atoms with van der Waals surface area (Å²) in [6.45, 7) is 4.22. The fraction of sp³-hybridized carbons (Fsp3) is 0.389. The first-order valence-corrected chi connectivity index (χ1v) is 15.2. The second-order valence-electron chi connectivity index (χ2n) is 11.6. The molecule has 0 amide bonds. The molecule has 2 nitrogen and oxygen atoms in total. The summed E-state index contributed by atoms with van der Waals surface area (Å²) in [5.74, 6) is -6.48. The molecule has 0 fully saturated rings. The predicted octanol–water partition coefficient (Wildman–Crippen LogP) is 10.5. The molecule has 2 aliphatic rings. The Morgan fingerprint density at radius 2 is 1.23 bits per heavy atom. The number of unbranched alkanes of at least 4 members (excludes halogenated alkanes) is 1. The Morgan fingerprint density at radius 3 is 1.86 bits per heavy atom. The second kappa shape index (κ2) is 14.1. The van der Waals surface area contributed by atoms with Crippen LogP contribution in [0.15, 0.2) is 48.6 Å². The van der Waals surface area contributed by atoms with Gasteiger partial charge in [0.25, 0.3) is 0 Å². The van der Waals surface area contributed by atoms with E-state index in [1.54, 1.807) is 12.1 Å². The molecule has 234 valence electrons. The average molecular weight is 615 g/mol. The molecular weight excluding hydrogens is 578 g/mol. The monoisotopic (exact) mass is 614 g/mol. The summed E-state index contributed by atoms with van der Waals surface area (Å²) in [6, 6.07) is 8.32. The lowest BCUT2D eigenvalue weighted by Gasteiger charge is -2.27. The van der Waals surface area contributed by atoms with Crippen LogP contribution in [0.2, 0.25) is 0 Å². The predicted molar refractivity (Wildman–Crippen MR) is 160 cm³/mol. The van der Waals surface area contributed by atoms with Gasteiger partial charge >= 0.3 is 0 Å². The van der Waals surface area contributed by atoms with E-state index >= 15 is 8.78 Å². The first-order chi connectivity index (χ1) is 21.2. The third-order valence-electron chi connectivity index (χ3n) is 8.59. The summed E-state index contributed by atoms with van der Waals surface area (Å²) in [5.41, 5.74) is 1.40. The van der Waals surface area contributed by atoms with Gasteiger partial charge in [0.15, 0.2) is 34.8 Å². The minimum Gasteiger partial charge on any atom is -0.490 e. The number of hydrogen-bond acceptors (Lipinski definition) is 2. The zero-order chi connectivity index (χ0) is 31.4. The number of allylic oxidation sites excluding steroid dienone is 3. The molecule has 2 unspecified atom stereocenters. The van der Waals surface area contributed by atoms with E-state index in [9.17, 15) is 17.6 Å². The Labute approximate surface area is 254 Å². The van der Waals surface area contributed by atoms with Crippen molar-refractivity contribution >= 4 is 11.1 Å². The molecule has 2 aliphatic carbocycles. The van der Waals surface area contributed by atoms with Crippen molar-refractivity contribution in [2.75, 3.05) is 13.2 Å². The van der Waals surface area contributed by atoms with Crippen LogP contribution in [0.1, 0.15) is 75.0 Å². The lowest BCUT2D eigenvalue weighted by atomic mass is 9.86. The molecule has 0 saturated carbocycles. The molecule has 44 heavy (non-hydrogen) atoms. The summed E-state index contributed by atoms with van der Waals surface area (Å²) in [5, 5.41) is 0. The van der Waals surface area contributed by atoms with Crippen molar-refractivity contribution in [1.82, 2.24) is 0 Å². The number of benzene rings is 3. The molecule has 8 heteroatoms. The van der Waals surface area contributed by atoms with Crippen molar-refractivity contribution in [3.63, 3.8) is 0 Å². The SMILES string of the molecule is CCCCOc1ccc(-c2ccc(C3=CCC(OCC4CC=C(c5ccc(C)c(F)c5F)CC4)CC3)c(F)c2F)c(F)c1F. The van der Waals surface area contributed by atoms with E-state index in [2.05, 4.69) is 0 Å². The summed E-state index contributed by atoms with van der Waals surface area (Å²) in [4.78, 5) is 0. The molecule has 0 bridgehead atoms. The lowest BCUT2D eigenvalue weighted by molar-refractivity contribution is 0.0233. The Hall–Kier alpha value is -3.52. The lowest BCUT2D eigenvalue weighted by Crippen LogP contribution is -2.21. The molecule has 5 rings (SSSR count). The third-order valence-corrected chi connectivity index (χ3v) is 8.59. The van der Waals surface area contributed by atoms with Crippen LogP contribution < -0.4 is 4.74 Å². The van der Waals surface area contributed by atoms with Gasteiger partial charge in [0.2, 0.25) is 5.82 Å². The molecule has 0 radical (unpaired) electrons. The molecule has 0 saturated heterocycles. The van der Waals surface area contributed by atoms with Crippen LogP contribution in [-0.2, 0) is 4.74 Å². The van der Waals surface area contributed by atoms with E-state index < -0.39 is 34.9 Å². The van der Waals surface area contributed by atoms with E-state index in [4.69, 9.17) is 9.47 Å². The van der Waals surface area contributed by atoms with Gasteiger partial charge in [-0.15, -0.1) is 0 Å². The largest absolute Gasteiger partial charge is 0.490 e. The maximum Gasteiger partial charge on any atom is 0.201 e. The van der Waals surface area contributed by atoms with E-state index in [0.717, 1.165) is 18.4 Å². The zero-order valence-electron chi connectivity index (χ0n) is 24.9. The number of halogens is 6. The van der Waals surface area contributed by atoms with Crippen molar-refractivity contribution in [2.24, 2.45) is 5.92 Å². The first-order valence-electron chi connectivity index (χ1n) is 15.2. The minimum atomic E-state index is -1.29. The quantitative estimate of drug-likeness (QED) is 0.167. The van der Waals surface area contributed by atoms with Crippen molar-refractivity contribution < 1.29 is 35.8 Å². The van der Waals surface area contributed by atoms with Crippen LogP contribution in [0.5, 0.6) is 5.75 Å². The molecular formula is C36H36F6O2. The zero-order valence-corrected chi connectivity index (χ0v) is 24.9. The molecule has 2 atom stereocenters. The normalized spacial score (nSPS) is 18.6. The summed E-state index contributed by atoms with van der Waals surface area (Å²) < 4.78 is 99.6. The second-order valence-corrected chi connectivity index (χ2v) is 11.6. The third kappa shape index (κ3) is 6.75. The van der Waals surface area contributed by atoms with Gasteiger partial charge in [-0.05, 0) is 86.6 Å². The molecule has 0 heterocycles. The first kappa shape index (κ1) is 31.9. The smallest absolute Gasteiger partial charge is 0.201 e. The molecule has 3 aromatic rings. The van der Waals surface area contributed by atoms with Crippen LogP contribution in [0.4, 0.5) is 26.3 Å². The fourth-order valence-electron chi connectivity index (χ4n) is 5.84. The number of hydrogen-bond donors (Lipinski definition) is 0.